The molecule has 1 unspecified atom stereocenters. The molecule has 2 aliphatic rings. The van der Waals surface area contributed by atoms with E-state index in [4.69, 9.17) is 5.73 Å². The Hall–Kier alpha value is -1.91. The van der Waals surface area contributed by atoms with Crippen molar-refractivity contribution in [2.75, 3.05) is 6.54 Å². The van der Waals surface area contributed by atoms with E-state index in [0.717, 1.165) is 5.56 Å². The molecule has 0 fully saturated rings. The number of nitrogens with zero attached hydrogens (tertiary/aromatic N) is 2. The Kier molecular flexibility index (Phi) is 2.81. The summed E-state index contributed by atoms with van der Waals surface area (Å²) >= 11 is 0. The molecular formula is C15H18FN3O. The van der Waals surface area contributed by atoms with E-state index in [1.165, 1.54) is 6.07 Å². The van der Waals surface area contributed by atoms with Gasteiger partial charge in [-0.2, -0.15) is 4.99 Å². The lowest BCUT2D eigenvalue weighted by atomic mass is 9.88. The highest BCUT2D eigenvalue weighted by Crippen LogP contribution is 2.45. The lowest BCUT2D eigenvalue weighted by Crippen LogP contribution is -2.51. The molecule has 3 rings (SSSR count). The van der Waals surface area contributed by atoms with Crippen LogP contribution in [-0.2, 0) is 12.0 Å². The molecule has 1 aromatic carbocycles. The van der Waals surface area contributed by atoms with Crippen LogP contribution >= 0.6 is 0 Å². The molecule has 106 valence electrons. The van der Waals surface area contributed by atoms with Crippen LogP contribution in [0.1, 0.15) is 31.4 Å². The van der Waals surface area contributed by atoms with Crippen molar-refractivity contribution in [3.8, 4) is 0 Å². The number of halogens is 1. The summed E-state index contributed by atoms with van der Waals surface area (Å²) < 4.78 is 14.0. The molecule has 20 heavy (non-hydrogen) atoms. The van der Waals surface area contributed by atoms with E-state index in [1.54, 1.807) is 11.0 Å². The second-order valence-electron chi connectivity index (χ2n) is 5.91. The van der Waals surface area contributed by atoms with Crippen LogP contribution in [0.4, 0.5) is 9.18 Å². The summed E-state index contributed by atoms with van der Waals surface area (Å²) in [4.78, 5) is 17.8. The zero-order valence-electron chi connectivity index (χ0n) is 11.7. The van der Waals surface area contributed by atoms with Gasteiger partial charge in [0.25, 0.3) is 0 Å². The third-order valence-electron chi connectivity index (χ3n) is 4.18. The maximum absolute atomic E-state index is 14.0. The number of amides is 2. The third-order valence-corrected chi connectivity index (χ3v) is 4.18. The van der Waals surface area contributed by atoms with Crippen LogP contribution in [-0.4, -0.2) is 23.3 Å². The normalized spacial score (nSPS) is 24.7. The Labute approximate surface area is 117 Å². The molecule has 0 bridgehead atoms. The van der Waals surface area contributed by atoms with Crippen molar-refractivity contribution in [2.24, 2.45) is 16.6 Å². The highest BCUT2D eigenvalue weighted by molar-refractivity contribution is 6.07. The number of fused-ring (bicyclic) bond motifs is 2. The molecule has 2 amide bonds. The van der Waals surface area contributed by atoms with Crippen molar-refractivity contribution >= 4 is 11.9 Å². The average molecular weight is 275 g/mol. The number of nitrogens with two attached hydrogens (primary N) is 1. The van der Waals surface area contributed by atoms with Gasteiger partial charge in [0.2, 0.25) is 0 Å². The number of rotatable bonds is 2. The number of benzene rings is 1. The molecule has 0 aromatic heterocycles. The van der Waals surface area contributed by atoms with Crippen LogP contribution in [0.25, 0.3) is 0 Å². The summed E-state index contributed by atoms with van der Waals surface area (Å²) in [6.45, 7) is 4.65. The Morgan fingerprint density at radius 1 is 1.50 bits per heavy atom. The average Bonchev–Trinajstić information content (AvgIpc) is 2.86. The van der Waals surface area contributed by atoms with Crippen LogP contribution in [0.2, 0.25) is 0 Å². The molecule has 1 aliphatic carbocycles. The third kappa shape index (κ3) is 1.58. The summed E-state index contributed by atoms with van der Waals surface area (Å²) in [5, 5.41) is 0. The number of aliphatic imine (C=N–C) groups is 1. The molecule has 2 N–H and O–H groups in total. The van der Waals surface area contributed by atoms with E-state index in [1.807, 2.05) is 19.9 Å². The molecule has 0 saturated heterocycles. The Morgan fingerprint density at radius 2 is 2.25 bits per heavy atom. The maximum Gasteiger partial charge on any atom is 0.346 e. The van der Waals surface area contributed by atoms with Gasteiger partial charge in [-0.15, -0.1) is 0 Å². The van der Waals surface area contributed by atoms with Gasteiger partial charge >= 0.3 is 6.03 Å². The van der Waals surface area contributed by atoms with E-state index in [9.17, 15) is 9.18 Å². The van der Waals surface area contributed by atoms with Crippen molar-refractivity contribution in [1.29, 1.82) is 0 Å². The van der Waals surface area contributed by atoms with Crippen LogP contribution in [0, 0.1) is 11.7 Å². The number of carbonyl (C=O) groups excluding carboxylic acids is 1. The van der Waals surface area contributed by atoms with Gasteiger partial charge in [0.05, 0.1) is 0 Å². The van der Waals surface area contributed by atoms with Crippen molar-refractivity contribution in [3.63, 3.8) is 0 Å². The summed E-state index contributed by atoms with van der Waals surface area (Å²) in [6.07, 6.45) is 1.19. The fourth-order valence-electron chi connectivity index (χ4n) is 3.34. The van der Waals surface area contributed by atoms with Crippen molar-refractivity contribution in [3.05, 3.63) is 35.1 Å². The molecule has 1 spiro atoms. The van der Waals surface area contributed by atoms with Gasteiger partial charge < -0.3 is 10.6 Å². The van der Waals surface area contributed by atoms with Gasteiger partial charge in [0.1, 0.15) is 17.2 Å². The minimum Gasteiger partial charge on any atom is -0.385 e. The summed E-state index contributed by atoms with van der Waals surface area (Å²) in [7, 11) is 0. The Balaban J connectivity index is 2.15. The second-order valence-corrected chi connectivity index (χ2v) is 5.91. The monoisotopic (exact) mass is 275 g/mol. The first-order valence-corrected chi connectivity index (χ1v) is 6.91. The van der Waals surface area contributed by atoms with E-state index >= 15 is 0 Å². The fraction of sp³-hybridized carbons (Fsp3) is 0.467. The van der Waals surface area contributed by atoms with Gasteiger partial charge in [-0.05, 0) is 36.0 Å². The van der Waals surface area contributed by atoms with Crippen molar-refractivity contribution in [2.45, 2.75) is 32.2 Å². The lowest BCUT2D eigenvalue weighted by Gasteiger charge is -2.36. The van der Waals surface area contributed by atoms with E-state index in [0.29, 0.717) is 36.7 Å². The number of hydrogen-bond acceptors (Lipinski definition) is 2. The Morgan fingerprint density at radius 3 is 2.95 bits per heavy atom. The van der Waals surface area contributed by atoms with Gasteiger partial charge in [0, 0.05) is 6.54 Å². The molecule has 5 heteroatoms. The predicted octanol–water partition coefficient (Wildman–Crippen LogP) is 2.42. The molecule has 1 heterocycles. The SMILES string of the molecule is CC(C)CN1C(=O)N=C(N)C12CCc1c(F)cccc12. The summed E-state index contributed by atoms with van der Waals surface area (Å²) in [5.41, 5.74) is 6.78. The van der Waals surface area contributed by atoms with E-state index < -0.39 is 5.54 Å². The molecule has 1 atom stereocenters. The van der Waals surface area contributed by atoms with E-state index in [2.05, 4.69) is 4.99 Å². The Bertz CT molecular complexity index is 611. The van der Waals surface area contributed by atoms with Gasteiger partial charge in [0.15, 0.2) is 0 Å². The van der Waals surface area contributed by atoms with Gasteiger partial charge in [-0.1, -0.05) is 26.0 Å². The molecule has 0 radical (unpaired) electrons. The zero-order valence-corrected chi connectivity index (χ0v) is 11.7. The number of amidine groups is 1. The minimum atomic E-state index is -0.737. The minimum absolute atomic E-state index is 0.226. The van der Waals surface area contributed by atoms with Gasteiger partial charge in [-0.25, -0.2) is 9.18 Å². The van der Waals surface area contributed by atoms with Crippen LogP contribution in [0.3, 0.4) is 0 Å². The van der Waals surface area contributed by atoms with Gasteiger partial charge in [-0.3, -0.25) is 0 Å². The smallest absolute Gasteiger partial charge is 0.346 e. The molecular weight excluding hydrogens is 257 g/mol. The topological polar surface area (TPSA) is 58.7 Å². The quantitative estimate of drug-likeness (QED) is 0.901. The highest BCUT2D eigenvalue weighted by atomic mass is 19.1. The van der Waals surface area contributed by atoms with Crippen LogP contribution < -0.4 is 5.73 Å². The number of urea groups is 1. The van der Waals surface area contributed by atoms with Crippen LogP contribution in [0.15, 0.2) is 23.2 Å². The summed E-state index contributed by atoms with van der Waals surface area (Å²) in [5.74, 6) is 0.373. The first-order chi connectivity index (χ1) is 9.46. The lowest BCUT2D eigenvalue weighted by molar-refractivity contribution is 0.159. The molecule has 1 aromatic rings. The largest absolute Gasteiger partial charge is 0.385 e. The first kappa shape index (κ1) is 13.1. The maximum atomic E-state index is 14.0. The predicted molar refractivity (Wildman–Crippen MR) is 75.0 cm³/mol. The molecule has 1 aliphatic heterocycles. The zero-order chi connectivity index (χ0) is 14.5. The fourth-order valence-corrected chi connectivity index (χ4v) is 3.34. The molecule has 0 saturated carbocycles. The molecule has 4 nitrogen and oxygen atoms in total. The van der Waals surface area contributed by atoms with Crippen LogP contribution in [0.5, 0.6) is 0 Å². The standard InChI is InChI=1S/C15H18FN3O/c1-9(2)8-19-14(20)18-13(17)15(19)7-6-10-11(15)4-3-5-12(10)16/h3-5,9H,6-8H2,1-2H3,(H2,17,18,20). The van der Waals surface area contributed by atoms with Crippen molar-refractivity contribution in [1.82, 2.24) is 4.90 Å². The number of hydrogen-bond donors (Lipinski definition) is 1. The van der Waals surface area contributed by atoms with E-state index in [-0.39, 0.29) is 11.8 Å². The first-order valence-electron chi connectivity index (χ1n) is 6.91. The summed E-state index contributed by atoms with van der Waals surface area (Å²) in [6, 6.07) is 4.67. The second kappa shape index (κ2) is 4.30. The number of carbonyl (C=O) groups is 1. The highest BCUT2D eigenvalue weighted by Gasteiger charge is 2.53. The van der Waals surface area contributed by atoms with Crippen molar-refractivity contribution < 1.29 is 9.18 Å².